The molecule has 184 valence electrons. The van der Waals surface area contributed by atoms with Gasteiger partial charge in [-0.1, -0.05) is 43.2 Å². The topological polar surface area (TPSA) is 78.3 Å². The largest absolute Gasteiger partial charge is 0.465 e. The molecule has 2 aromatic carbocycles. The number of hydrogen-bond donors (Lipinski definition) is 0. The Hall–Kier alpha value is -3.78. The lowest BCUT2D eigenvalue weighted by atomic mass is 9.95. The van der Waals surface area contributed by atoms with Gasteiger partial charge in [0.2, 0.25) is 0 Å². The van der Waals surface area contributed by atoms with Crippen LogP contribution in [0.5, 0.6) is 0 Å². The van der Waals surface area contributed by atoms with Crippen LogP contribution in [0.25, 0.3) is 16.6 Å². The predicted molar refractivity (Wildman–Crippen MR) is 136 cm³/mol. The van der Waals surface area contributed by atoms with Crippen LogP contribution in [0, 0.1) is 11.7 Å². The summed E-state index contributed by atoms with van der Waals surface area (Å²) in [4.78, 5) is 16.5. The molecular formula is C28H25FN2O4S. The first-order chi connectivity index (χ1) is 17.4. The lowest BCUT2D eigenvalue weighted by Gasteiger charge is -2.16. The van der Waals surface area contributed by atoms with Crippen molar-refractivity contribution in [1.29, 1.82) is 0 Å². The molecule has 0 saturated heterocycles. The van der Waals surface area contributed by atoms with Crippen LogP contribution in [-0.4, -0.2) is 30.5 Å². The quantitative estimate of drug-likeness (QED) is 0.309. The molecule has 1 aliphatic carbocycles. The van der Waals surface area contributed by atoms with Crippen LogP contribution < -0.4 is 0 Å². The molecule has 0 spiro atoms. The zero-order valence-corrected chi connectivity index (χ0v) is 20.5. The maximum absolute atomic E-state index is 15.0. The van der Waals surface area contributed by atoms with E-state index in [0.29, 0.717) is 27.9 Å². The molecule has 1 fully saturated rings. The molecule has 36 heavy (non-hydrogen) atoms. The van der Waals surface area contributed by atoms with Crippen molar-refractivity contribution >= 4 is 32.6 Å². The van der Waals surface area contributed by atoms with Crippen molar-refractivity contribution in [2.75, 3.05) is 7.11 Å². The van der Waals surface area contributed by atoms with E-state index in [1.165, 1.54) is 23.2 Å². The van der Waals surface area contributed by atoms with Crippen LogP contribution in [0.4, 0.5) is 4.39 Å². The first-order valence-corrected chi connectivity index (χ1v) is 13.2. The van der Waals surface area contributed by atoms with Crippen LogP contribution in [0.3, 0.4) is 0 Å². The van der Waals surface area contributed by atoms with Gasteiger partial charge in [0.25, 0.3) is 10.0 Å². The van der Waals surface area contributed by atoms with Crippen molar-refractivity contribution in [3.05, 3.63) is 102 Å². The predicted octanol–water partition coefficient (Wildman–Crippen LogP) is 5.82. The zero-order valence-electron chi connectivity index (χ0n) is 19.7. The molecule has 6 nitrogen and oxygen atoms in total. The van der Waals surface area contributed by atoms with Gasteiger partial charge in [-0.05, 0) is 66.8 Å². The summed E-state index contributed by atoms with van der Waals surface area (Å²) < 4.78 is 48.8. The standard InChI is InChI=1S/C28H25FN2O4S/c1-35-28(32)23-14-13-20(17-25(23)29)24(16-19-8-5-6-9-19)26-18-21-10-7-15-30-27(21)31(26)36(33,34)22-11-3-2-4-12-22/h2-4,7,10-19H,5-6,8-9H2,1H3/b24-16+. The molecule has 0 aliphatic heterocycles. The number of rotatable bonds is 6. The van der Waals surface area contributed by atoms with Gasteiger partial charge < -0.3 is 4.74 Å². The fourth-order valence-electron chi connectivity index (χ4n) is 4.79. The van der Waals surface area contributed by atoms with E-state index in [9.17, 15) is 13.2 Å². The Labute approximate surface area is 209 Å². The van der Waals surface area contributed by atoms with Gasteiger partial charge in [-0.3, -0.25) is 0 Å². The number of allylic oxidation sites excluding steroid dienone is 1. The minimum Gasteiger partial charge on any atom is -0.465 e. The molecule has 4 aromatic rings. The number of carbonyl (C=O) groups excluding carboxylic acids is 1. The number of hydrogen-bond acceptors (Lipinski definition) is 5. The highest BCUT2D eigenvalue weighted by Gasteiger charge is 2.27. The minimum atomic E-state index is -4.03. The summed E-state index contributed by atoms with van der Waals surface area (Å²) in [6, 6.07) is 17.8. The van der Waals surface area contributed by atoms with E-state index in [4.69, 9.17) is 0 Å². The Kier molecular flexibility index (Phi) is 6.45. The third-order valence-corrected chi connectivity index (χ3v) is 8.28. The molecule has 2 heterocycles. The normalized spacial score (nSPS) is 14.9. The fraction of sp³-hybridized carbons (Fsp3) is 0.214. The molecule has 2 aromatic heterocycles. The van der Waals surface area contributed by atoms with Crippen LogP contribution in [0.1, 0.15) is 47.3 Å². The molecule has 0 amide bonds. The first kappa shape index (κ1) is 23.9. The van der Waals surface area contributed by atoms with E-state index in [-0.39, 0.29) is 16.4 Å². The summed E-state index contributed by atoms with van der Waals surface area (Å²) in [6.45, 7) is 0. The van der Waals surface area contributed by atoms with Gasteiger partial charge in [-0.25, -0.2) is 26.6 Å². The van der Waals surface area contributed by atoms with E-state index in [0.717, 1.165) is 25.7 Å². The van der Waals surface area contributed by atoms with Gasteiger partial charge in [0, 0.05) is 17.2 Å². The smallest absolute Gasteiger partial charge is 0.340 e. The Bertz CT molecular complexity index is 1570. The molecule has 0 unspecified atom stereocenters. The summed E-state index contributed by atoms with van der Waals surface area (Å²) in [7, 11) is -2.83. The lowest BCUT2D eigenvalue weighted by molar-refractivity contribution is 0.0595. The molecule has 1 saturated carbocycles. The van der Waals surface area contributed by atoms with E-state index in [2.05, 4.69) is 9.72 Å². The average Bonchev–Trinajstić information content (AvgIpc) is 3.55. The highest BCUT2D eigenvalue weighted by atomic mass is 32.2. The van der Waals surface area contributed by atoms with E-state index in [1.54, 1.807) is 60.8 Å². The highest BCUT2D eigenvalue weighted by Crippen LogP contribution is 2.36. The molecule has 0 radical (unpaired) electrons. The lowest BCUT2D eigenvalue weighted by Crippen LogP contribution is -2.16. The molecule has 0 atom stereocenters. The second-order valence-corrected chi connectivity index (χ2v) is 10.6. The molecule has 0 bridgehead atoms. The summed E-state index contributed by atoms with van der Waals surface area (Å²) >= 11 is 0. The number of nitrogens with zero attached hydrogens (tertiary/aromatic N) is 2. The molecule has 8 heteroatoms. The Morgan fingerprint density at radius 1 is 1.06 bits per heavy atom. The number of benzene rings is 2. The van der Waals surface area contributed by atoms with Crippen molar-refractivity contribution < 1.29 is 22.3 Å². The minimum absolute atomic E-state index is 0.127. The second kappa shape index (κ2) is 9.70. The van der Waals surface area contributed by atoms with E-state index < -0.39 is 21.8 Å². The number of aromatic nitrogens is 2. The van der Waals surface area contributed by atoms with Crippen molar-refractivity contribution in [3.8, 4) is 0 Å². The van der Waals surface area contributed by atoms with Crippen LogP contribution >= 0.6 is 0 Å². The van der Waals surface area contributed by atoms with Crippen LogP contribution in [-0.2, 0) is 14.8 Å². The van der Waals surface area contributed by atoms with E-state index >= 15 is 4.39 Å². The van der Waals surface area contributed by atoms with Gasteiger partial charge >= 0.3 is 5.97 Å². The third-order valence-electron chi connectivity index (χ3n) is 6.57. The van der Waals surface area contributed by atoms with Crippen LogP contribution in [0.15, 0.2) is 83.9 Å². The number of methoxy groups -OCH3 is 1. The first-order valence-electron chi connectivity index (χ1n) is 11.8. The van der Waals surface area contributed by atoms with Gasteiger partial charge in [0.15, 0.2) is 5.65 Å². The Morgan fingerprint density at radius 2 is 1.81 bits per heavy atom. The summed E-state index contributed by atoms with van der Waals surface area (Å²) in [6.07, 6.45) is 7.68. The van der Waals surface area contributed by atoms with Gasteiger partial charge in [0.1, 0.15) is 5.82 Å². The summed E-state index contributed by atoms with van der Waals surface area (Å²) in [5.41, 5.74) is 1.56. The Balaban J connectivity index is 1.77. The van der Waals surface area contributed by atoms with Crippen molar-refractivity contribution in [2.24, 2.45) is 5.92 Å². The molecule has 0 N–H and O–H groups in total. The maximum atomic E-state index is 15.0. The molecule has 5 rings (SSSR count). The highest BCUT2D eigenvalue weighted by molar-refractivity contribution is 7.90. The number of fused-ring (bicyclic) bond motifs is 1. The van der Waals surface area contributed by atoms with Crippen LogP contribution in [0.2, 0.25) is 0 Å². The monoisotopic (exact) mass is 504 g/mol. The number of esters is 1. The fourth-order valence-corrected chi connectivity index (χ4v) is 6.29. The van der Waals surface area contributed by atoms with E-state index in [1.807, 2.05) is 6.08 Å². The summed E-state index contributed by atoms with van der Waals surface area (Å²) in [5.74, 6) is -1.28. The zero-order chi connectivity index (χ0) is 25.3. The van der Waals surface area contributed by atoms with Crippen molar-refractivity contribution in [3.63, 3.8) is 0 Å². The average molecular weight is 505 g/mol. The number of ether oxygens (including phenoxy) is 1. The SMILES string of the molecule is COC(=O)c1ccc(/C(=C\C2CCCC2)c2cc3cccnc3n2S(=O)(=O)c2ccccc2)cc1F. The third kappa shape index (κ3) is 4.33. The number of pyridine rings is 1. The summed E-state index contributed by atoms with van der Waals surface area (Å²) in [5, 5.41) is 0.649. The second-order valence-electron chi connectivity index (χ2n) is 8.84. The maximum Gasteiger partial charge on any atom is 0.340 e. The molecular weight excluding hydrogens is 479 g/mol. The van der Waals surface area contributed by atoms with Gasteiger partial charge in [-0.2, -0.15) is 0 Å². The van der Waals surface area contributed by atoms with Crippen molar-refractivity contribution in [1.82, 2.24) is 8.96 Å². The number of halogens is 1. The van der Waals surface area contributed by atoms with Crippen molar-refractivity contribution in [2.45, 2.75) is 30.6 Å². The molecule has 1 aliphatic rings. The van der Waals surface area contributed by atoms with Gasteiger partial charge in [-0.15, -0.1) is 0 Å². The van der Waals surface area contributed by atoms with Gasteiger partial charge in [0.05, 0.1) is 23.3 Å². The number of carbonyl (C=O) groups is 1. The Morgan fingerprint density at radius 3 is 2.50 bits per heavy atom.